The van der Waals surface area contributed by atoms with Crippen molar-refractivity contribution in [1.29, 1.82) is 0 Å². The summed E-state index contributed by atoms with van der Waals surface area (Å²) < 4.78 is 4.79. The highest BCUT2D eigenvalue weighted by atomic mass is 79.9. The normalized spacial score (nSPS) is 18.3. The standard InChI is InChI=1S/C17H17Br2N3.C17H16BrN3.C12H15NO/c1-10-3-4-11(2)12(9-10)13-6-8-16(20-13)21-14-5-7-15(18)22-17(14)19;1-10-3-4-11(2)12(9-10)14-6-8-16-19-13-5-7-15(18)20-17(13)21(14)16;1-8-3-4-9(2)10(7-8)11-5-6-12(14)13-11/h3-5,7,9,13H,6,8H2,1-2H3,(H,20,21);3-5,7,9,14H,6,8H2,1-2H3;3-4,7,11H,5-6H2,1-2H3,(H,13,14). The number of aliphatic imine (C=N–C) groups is 1. The van der Waals surface area contributed by atoms with Gasteiger partial charge >= 0.3 is 0 Å². The van der Waals surface area contributed by atoms with Crippen molar-refractivity contribution >= 4 is 76.4 Å². The summed E-state index contributed by atoms with van der Waals surface area (Å²) in [5.74, 6) is 2.35. The Morgan fingerprint density at radius 1 is 0.649 bits per heavy atom. The lowest BCUT2D eigenvalue weighted by molar-refractivity contribution is -0.119. The summed E-state index contributed by atoms with van der Waals surface area (Å²) in [5, 5.41) is 6.39. The third-order valence-corrected chi connectivity index (χ3v) is 12.5. The Bertz CT molecular complexity index is 2490. The molecule has 1 amide bonds. The van der Waals surface area contributed by atoms with E-state index in [1.807, 2.05) is 24.3 Å². The summed E-state index contributed by atoms with van der Waals surface area (Å²) >= 11 is 10.3. The lowest BCUT2D eigenvalue weighted by Gasteiger charge is -2.17. The van der Waals surface area contributed by atoms with Crippen molar-refractivity contribution in [2.45, 2.75) is 98.2 Å². The number of hydrogen-bond acceptors (Lipinski definition) is 6. The maximum absolute atomic E-state index is 11.1. The number of carbonyl (C=O) groups is 1. The summed E-state index contributed by atoms with van der Waals surface area (Å²) in [5.41, 5.74) is 14.7. The summed E-state index contributed by atoms with van der Waals surface area (Å²) in [6.45, 7) is 12.8. The van der Waals surface area contributed by atoms with Crippen LogP contribution in [0.1, 0.15) is 106 Å². The van der Waals surface area contributed by atoms with Gasteiger partial charge in [-0.2, -0.15) is 0 Å². The zero-order valence-corrected chi connectivity index (χ0v) is 38.0. The molecule has 6 heterocycles. The van der Waals surface area contributed by atoms with Crippen LogP contribution in [0.25, 0.3) is 11.2 Å². The largest absolute Gasteiger partial charge is 0.349 e. The summed E-state index contributed by atoms with van der Waals surface area (Å²) in [6.07, 6.45) is 5.73. The summed E-state index contributed by atoms with van der Waals surface area (Å²) in [7, 11) is 0. The van der Waals surface area contributed by atoms with Gasteiger partial charge in [-0.1, -0.05) is 71.3 Å². The van der Waals surface area contributed by atoms with Crippen molar-refractivity contribution in [3.8, 4) is 0 Å². The molecular weight excluding hydrogens is 906 g/mol. The van der Waals surface area contributed by atoms with Crippen LogP contribution in [0.15, 0.2) is 97.7 Å². The van der Waals surface area contributed by atoms with Crippen molar-refractivity contribution in [2.75, 3.05) is 5.32 Å². The number of halogens is 3. The Balaban J connectivity index is 0.000000134. The minimum atomic E-state index is 0.177. The molecule has 8 nitrogen and oxygen atoms in total. The van der Waals surface area contributed by atoms with E-state index >= 15 is 0 Å². The lowest BCUT2D eigenvalue weighted by Crippen LogP contribution is -2.19. The zero-order chi connectivity index (χ0) is 40.4. The van der Waals surface area contributed by atoms with E-state index in [1.165, 1.54) is 50.1 Å². The Hall–Kier alpha value is -4.19. The monoisotopic (exact) mass is 951 g/mol. The highest BCUT2D eigenvalue weighted by molar-refractivity contribution is 9.11. The van der Waals surface area contributed by atoms with E-state index in [-0.39, 0.29) is 18.0 Å². The van der Waals surface area contributed by atoms with Crippen LogP contribution in [0.5, 0.6) is 0 Å². The van der Waals surface area contributed by atoms with Gasteiger partial charge in [-0.15, -0.1) is 0 Å². The second-order valence-corrected chi connectivity index (χ2v) is 17.8. The molecule has 0 spiro atoms. The van der Waals surface area contributed by atoms with E-state index in [1.54, 1.807) is 0 Å². The third kappa shape index (κ3) is 9.58. The van der Waals surface area contributed by atoms with Crippen LogP contribution < -0.4 is 10.6 Å². The fraction of sp³-hybridized carbons (Fsp3) is 0.326. The number of hydrogen-bond donors (Lipinski definition) is 2. The molecule has 3 aliphatic rings. The van der Waals surface area contributed by atoms with E-state index in [9.17, 15) is 4.79 Å². The van der Waals surface area contributed by atoms with Crippen LogP contribution in [0, 0.1) is 41.5 Å². The van der Waals surface area contributed by atoms with E-state index in [4.69, 9.17) is 9.98 Å². The third-order valence-electron chi connectivity index (χ3n) is 11.0. The molecule has 0 radical (unpaired) electrons. The molecule has 3 aromatic carbocycles. The predicted octanol–water partition coefficient (Wildman–Crippen LogP) is 12.2. The van der Waals surface area contributed by atoms with E-state index in [0.717, 1.165) is 74.4 Å². The maximum Gasteiger partial charge on any atom is 0.220 e. The number of imidazole rings is 1. The number of fused-ring (bicyclic) bond motifs is 3. The van der Waals surface area contributed by atoms with Gasteiger partial charge in [0.05, 0.1) is 23.8 Å². The molecule has 0 bridgehead atoms. The fourth-order valence-electron chi connectivity index (χ4n) is 7.98. The first-order valence-corrected chi connectivity index (χ1v) is 21.9. The number of aryl methyl sites for hydroxylation is 7. The van der Waals surface area contributed by atoms with E-state index in [0.29, 0.717) is 12.5 Å². The van der Waals surface area contributed by atoms with Crippen molar-refractivity contribution in [3.05, 3.63) is 149 Å². The fourth-order valence-corrected chi connectivity index (χ4v) is 9.25. The molecule has 1 fully saturated rings. The number of amidine groups is 1. The highest BCUT2D eigenvalue weighted by Gasteiger charge is 2.29. The number of benzene rings is 3. The minimum Gasteiger partial charge on any atom is -0.349 e. The SMILES string of the molecule is Cc1ccc(C)c(C2CCC(=O)N2)c1.Cc1ccc(C)c(C2CCC(Nc3ccc(Br)nc3Br)=N2)c1.Cc1ccc(C)c(C2CCc3nc4ccc(Br)nc4n32)c1. The van der Waals surface area contributed by atoms with Crippen LogP contribution in [-0.4, -0.2) is 31.3 Å². The number of nitrogens with one attached hydrogen (secondary N) is 2. The molecule has 0 aliphatic carbocycles. The van der Waals surface area contributed by atoms with Gasteiger partial charge in [-0.05, 0) is 166 Å². The summed E-state index contributed by atoms with van der Waals surface area (Å²) in [6, 6.07) is 28.4. The van der Waals surface area contributed by atoms with Gasteiger partial charge in [0.1, 0.15) is 31.0 Å². The average molecular weight is 955 g/mol. The first-order valence-electron chi connectivity index (χ1n) is 19.5. The van der Waals surface area contributed by atoms with Crippen molar-refractivity contribution < 1.29 is 4.79 Å². The second-order valence-electron chi connectivity index (χ2n) is 15.4. The molecule has 294 valence electrons. The lowest BCUT2D eigenvalue weighted by atomic mass is 9.97. The molecule has 3 atom stereocenters. The maximum atomic E-state index is 11.1. The quantitative estimate of drug-likeness (QED) is 0.172. The van der Waals surface area contributed by atoms with Crippen LogP contribution in [0.2, 0.25) is 0 Å². The van der Waals surface area contributed by atoms with Gasteiger partial charge in [0.15, 0.2) is 5.65 Å². The van der Waals surface area contributed by atoms with Crippen molar-refractivity contribution in [3.63, 3.8) is 0 Å². The Labute approximate surface area is 360 Å². The molecule has 3 unspecified atom stereocenters. The van der Waals surface area contributed by atoms with Crippen LogP contribution in [-0.2, 0) is 11.2 Å². The Morgan fingerprint density at radius 3 is 1.93 bits per heavy atom. The zero-order valence-electron chi connectivity index (χ0n) is 33.3. The number of anilines is 1. The van der Waals surface area contributed by atoms with Crippen LogP contribution in [0.4, 0.5) is 5.69 Å². The highest BCUT2D eigenvalue weighted by Crippen LogP contribution is 2.37. The molecule has 3 aliphatic heterocycles. The molecule has 11 heteroatoms. The molecule has 6 aromatic rings. The minimum absolute atomic E-state index is 0.177. The van der Waals surface area contributed by atoms with Crippen molar-refractivity contribution in [1.82, 2.24) is 24.8 Å². The van der Waals surface area contributed by atoms with Gasteiger partial charge in [0, 0.05) is 19.3 Å². The second kappa shape index (κ2) is 17.7. The van der Waals surface area contributed by atoms with Crippen molar-refractivity contribution in [2.24, 2.45) is 4.99 Å². The summed E-state index contributed by atoms with van der Waals surface area (Å²) in [4.78, 5) is 29.7. The van der Waals surface area contributed by atoms with Crippen LogP contribution >= 0.6 is 47.8 Å². The Morgan fingerprint density at radius 2 is 1.26 bits per heavy atom. The first-order chi connectivity index (χ1) is 27.3. The number of pyridine rings is 2. The van der Waals surface area contributed by atoms with E-state index in [2.05, 4.69) is 169 Å². The number of carbonyl (C=O) groups excluding carboxylic acids is 1. The van der Waals surface area contributed by atoms with Gasteiger partial charge in [-0.25, -0.2) is 15.0 Å². The Kier molecular flexibility index (Phi) is 12.8. The molecule has 57 heavy (non-hydrogen) atoms. The molecule has 0 saturated carbocycles. The van der Waals surface area contributed by atoms with Gasteiger partial charge in [-0.3, -0.25) is 9.79 Å². The van der Waals surface area contributed by atoms with Gasteiger partial charge in [0.2, 0.25) is 5.91 Å². The molecule has 3 aromatic heterocycles. The number of nitrogens with zero attached hydrogens (tertiary/aromatic N) is 5. The first kappa shape index (κ1) is 41.0. The topological polar surface area (TPSA) is 97.1 Å². The predicted molar refractivity (Wildman–Crippen MR) is 242 cm³/mol. The number of aromatic nitrogens is 4. The van der Waals surface area contributed by atoms with E-state index < -0.39 is 0 Å². The number of rotatable bonds is 4. The average Bonchev–Trinajstić information content (AvgIpc) is 3.99. The van der Waals surface area contributed by atoms with Crippen LogP contribution in [0.3, 0.4) is 0 Å². The molecule has 1 saturated heterocycles. The number of amides is 1. The van der Waals surface area contributed by atoms with Gasteiger partial charge in [0.25, 0.3) is 0 Å². The molecular formula is C46H48Br3N7O. The van der Waals surface area contributed by atoms with Gasteiger partial charge < -0.3 is 15.2 Å². The molecule has 2 N–H and O–H groups in total. The smallest absolute Gasteiger partial charge is 0.220 e. The molecule has 9 rings (SSSR count).